The first-order chi connectivity index (χ1) is 10.7. The zero-order valence-electron chi connectivity index (χ0n) is 12.0. The first kappa shape index (κ1) is 14.6. The van der Waals surface area contributed by atoms with Crippen LogP contribution < -0.4 is 10.6 Å². The van der Waals surface area contributed by atoms with Gasteiger partial charge < -0.3 is 10.6 Å². The van der Waals surface area contributed by atoms with E-state index < -0.39 is 0 Å². The molecular weight excluding hydrogens is 336 g/mol. The Bertz CT molecular complexity index is 698. The van der Waals surface area contributed by atoms with Crippen LogP contribution in [0, 0.1) is 6.92 Å². The molecular formula is C14H16N4OS3. The Morgan fingerprint density at radius 3 is 2.95 bits per heavy atom. The van der Waals surface area contributed by atoms with Crippen LogP contribution in [0.25, 0.3) is 0 Å². The summed E-state index contributed by atoms with van der Waals surface area (Å²) in [6, 6.07) is 5.24. The molecule has 1 amide bonds. The van der Waals surface area contributed by atoms with Gasteiger partial charge in [0.05, 0.1) is 9.09 Å². The molecule has 0 saturated carbocycles. The number of aromatic nitrogens is 2. The topological polar surface area (TPSA) is 66.9 Å². The molecule has 2 aromatic rings. The van der Waals surface area contributed by atoms with Crippen molar-refractivity contribution in [2.45, 2.75) is 52.9 Å². The number of amides is 1. The second-order valence-corrected chi connectivity index (χ2v) is 9.48. The highest BCUT2D eigenvalue weighted by molar-refractivity contribution is 8.02. The first-order valence-electron chi connectivity index (χ1n) is 7.32. The van der Waals surface area contributed by atoms with E-state index in [4.69, 9.17) is 0 Å². The van der Waals surface area contributed by atoms with Crippen LogP contribution in [0.4, 0.5) is 0 Å². The second kappa shape index (κ2) is 5.92. The van der Waals surface area contributed by atoms with Crippen LogP contribution in [0.1, 0.15) is 33.9 Å². The monoisotopic (exact) mass is 352 g/mol. The van der Waals surface area contributed by atoms with Gasteiger partial charge in [0.1, 0.15) is 5.01 Å². The molecule has 2 bridgehead atoms. The van der Waals surface area contributed by atoms with Crippen LogP contribution in [-0.2, 0) is 0 Å². The Morgan fingerprint density at radius 2 is 2.27 bits per heavy atom. The lowest BCUT2D eigenvalue weighted by Gasteiger charge is -2.20. The SMILES string of the molecule is Cc1nnc(Sc2ccc(C(=O)NC3CC4CCC3N4)s2)s1. The summed E-state index contributed by atoms with van der Waals surface area (Å²) in [6.45, 7) is 1.94. The third kappa shape index (κ3) is 2.92. The number of carbonyl (C=O) groups is 1. The number of fused-ring (bicyclic) bond motifs is 2. The van der Waals surface area contributed by atoms with Gasteiger partial charge in [-0.3, -0.25) is 4.79 Å². The van der Waals surface area contributed by atoms with Crippen molar-refractivity contribution in [3.63, 3.8) is 0 Å². The van der Waals surface area contributed by atoms with E-state index in [1.807, 2.05) is 19.1 Å². The third-order valence-corrected chi connectivity index (χ3v) is 7.22. The minimum absolute atomic E-state index is 0.0460. The lowest BCUT2D eigenvalue weighted by atomic mass is 9.95. The predicted molar refractivity (Wildman–Crippen MR) is 88.9 cm³/mol. The summed E-state index contributed by atoms with van der Waals surface area (Å²) in [7, 11) is 0. The highest BCUT2D eigenvalue weighted by Gasteiger charge is 2.39. The Balaban J connectivity index is 1.39. The first-order valence-corrected chi connectivity index (χ1v) is 9.77. The number of nitrogens with one attached hydrogen (secondary N) is 2. The van der Waals surface area contributed by atoms with E-state index in [1.165, 1.54) is 24.2 Å². The lowest BCUT2D eigenvalue weighted by molar-refractivity contribution is 0.0935. The fourth-order valence-corrected chi connectivity index (χ4v) is 6.20. The van der Waals surface area contributed by atoms with Gasteiger partial charge >= 0.3 is 0 Å². The molecule has 0 aromatic carbocycles. The molecule has 2 N–H and O–H groups in total. The van der Waals surface area contributed by atoms with Crippen LogP contribution in [0.5, 0.6) is 0 Å². The van der Waals surface area contributed by atoms with Gasteiger partial charge in [-0.2, -0.15) is 0 Å². The van der Waals surface area contributed by atoms with E-state index in [-0.39, 0.29) is 11.9 Å². The Labute approximate surface area is 140 Å². The van der Waals surface area contributed by atoms with E-state index in [2.05, 4.69) is 20.8 Å². The zero-order chi connectivity index (χ0) is 15.1. The number of nitrogens with zero attached hydrogens (tertiary/aromatic N) is 2. The fraction of sp³-hybridized carbons (Fsp3) is 0.500. The summed E-state index contributed by atoms with van der Waals surface area (Å²) >= 11 is 4.66. The summed E-state index contributed by atoms with van der Waals surface area (Å²) in [5, 5.41) is 15.8. The van der Waals surface area contributed by atoms with Gasteiger partial charge in [0.2, 0.25) is 0 Å². The van der Waals surface area contributed by atoms with E-state index in [0.717, 1.165) is 24.9 Å². The molecule has 2 fully saturated rings. The number of thiophene rings is 1. The quantitative estimate of drug-likeness (QED) is 0.885. The lowest BCUT2D eigenvalue weighted by Crippen LogP contribution is -2.42. The van der Waals surface area contributed by atoms with Gasteiger partial charge in [0.15, 0.2) is 4.34 Å². The molecule has 3 unspecified atom stereocenters. The van der Waals surface area contributed by atoms with Gasteiger partial charge in [-0.1, -0.05) is 11.3 Å². The molecule has 4 heterocycles. The van der Waals surface area contributed by atoms with Crippen molar-refractivity contribution in [3.05, 3.63) is 22.0 Å². The smallest absolute Gasteiger partial charge is 0.261 e. The number of aryl methyl sites for hydroxylation is 1. The highest BCUT2D eigenvalue weighted by atomic mass is 32.2. The molecule has 0 aliphatic carbocycles. The molecule has 2 aliphatic rings. The summed E-state index contributed by atoms with van der Waals surface area (Å²) in [5.74, 6) is 0.0460. The molecule has 22 heavy (non-hydrogen) atoms. The van der Waals surface area contributed by atoms with Crippen LogP contribution in [0.15, 0.2) is 20.7 Å². The molecule has 3 atom stereocenters. The number of hydrogen-bond donors (Lipinski definition) is 2. The fourth-order valence-electron chi connectivity index (χ4n) is 3.13. The van der Waals surface area contributed by atoms with Crippen LogP contribution in [0.2, 0.25) is 0 Å². The van der Waals surface area contributed by atoms with Crippen molar-refractivity contribution in [1.29, 1.82) is 0 Å². The van der Waals surface area contributed by atoms with E-state index in [9.17, 15) is 4.79 Å². The van der Waals surface area contributed by atoms with Crippen molar-refractivity contribution in [2.75, 3.05) is 0 Å². The van der Waals surface area contributed by atoms with Gasteiger partial charge in [0.25, 0.3) is 5.91 Å². The average molecular weight is 353 g/mol. The minimum Gasteiger partial charge on any atom is -0.347 e. The standard InChI is InChI=1S/C14H16N4OS3/c1-7-17-18-14(20-7)22-12-5-4-11(21-12)13(19)16-10-6-8-2-3-9(10)15-8/h4-5,8-10,15H,2-3,6H2,1H3,(H,16,19). The minimum atomic E-state index is 0.0460. The van der Waals surface area contributed by atoms with Crippen molar-refractivity contribution < 1.29 is 4.79 Å². The molecule has 0 radical (unpaired) electrons. The van der Waals surface area contributed by atoms with Crippen LogP contribution in [-0.4, -0.2) is 34.2 Å². The van der Waals surface area contributed by atoms with Gasteiger partial charge in [0, 0.05) is 18.1 Å². The largest absolute Gasteiger partial charge is 0.347 e. The van der Waals surface area contributed by atoms with Crippen molar-refractivity contribution in [1.82, 2.24) is 20.8 Å². The molecule has 2 aromatic heterocycles. The van der Waals surface area contributed by atoms with E-state index in [1.54, 1.807) is 23.1 Å². The maximum absolute atomic E-state index is 12.4. The molecule has 2 saturated heterocycles. The summed E-state index contributed by atoms with van der Waals surface area (Å²) in [4.78, 5) is 13.2. The Kier molecular flexibility index (Phi) is 3.93. The molecule has 4 rings (SSSR count). The molecule has 5 nitrogen and oxygen atoms in total. The van der Waals surface area contributed by atoms with Crippen LogP contribution in [0.3, 0.4) is 0 Å². The molecule has 116 valence electrons. The maximum Gasteiger partial charge on any atom is 0.261 e. The number of hydrogen-bond acceptors (Lipinski definition) is 7. The summed E-state index contributed by atoms with van der Waals surface area (Å²) < 4.78 is 2.00. The second-order valence-electron chi connectivity index (χ2n) is 5.67. The van der Waals surface area contributed by atoms with Gasteiger partial charge in [-0.15, -0.1) is 21.5 Å². The molecule has 2 aliphatic heterocycles. The third-order valence-electron chi connectivity index (χ3n) is 4.12. The highest BCUT2D eigenvalue weighted by Crippen LogP contribution is 2.35. The normalized spacial score (nSPS) is 26.5. The summed E-state index contributed by atoms with van der Waals surface area (Å²) in [6.07, 6.45) is 3.49. The number of rotatable bonds is 4. The van der Waals surface area contributed by atoms with Crippen LogP contribution >= 0.6 is 34.4 Å². The Hall–Kier alpha value is -0.960. The Morgan fingerprint density at radius 1 is 1.36 bits per heavy atom. The van der Waals surface area contributed by atoms with Crippen molar-refractivity contribution >= 4 is 40.3 Å². The average Bonchev–Trinajstić information content (AvgIpc) is 3.24. The van der Waals surface area contributed by atoms with Gasteiger partial charge in [-0.05, 0) is 50.1 Å². The van der Waals surface area contributed by atoms with E-state index in [0.29, 0.717) is 12.1 Å². The number of carbonyl (C=O) groups excluding carboxylic acids is 1. The molecule has 0 spiro atoms. The molecule has 8 heteroatoms. The summed E-state index contributed by atoms with van der Waals surface area (Å²) in [5.41, 5.74) is 0. The zero-order valence-corrected chi connectivity index (χ0v) is 14.5. The van der Waals surface area contributed by atoms with E-state index >= 15 is 0 Å². The predicted octanol–water partition coefficient (Wildman–Crippen LogP) is 2.68. The van der Waals surface area contributed by atoms with Crippen molar-refractivity contribution in [2.24, 2.45) is 0 Å². The van der Waals surface area contributed by atoms with Crippen molar-refractivity contribution in [3.8, 4) is 0 Å². The maximum atomic E-state index is 12.4. The van der Waals surface area contributed by atoms with Gasteiger partial charge in [-0.25, -0.2) is 0 Å².